The smallest absolute Gasteiger partial charge is 0.343 e. The first-order chi connectivity index (χ1) is 8.97. The molecule has 1 rings (SSSR count). The van der Waals surface area contributed by atoms with Gasteiger partial charge in [-0.3, -0.25) is 14.9 Å². The Morgan fingerprint density at radius 2 is 2.11 bits per heavy atom. The van der Waals surface area contributed by atoms with Crippen LogP contribution in [0.15, 0.2) is 18.2 Å². The van der Waals surface area contributed by atoms with Crippen molar-refractivity contribution in [2.75, 3.05) is 13.6 Å². The predicted molar refractivity (Wildman–Crippen MR) is 65.8 cm³/mol. The predicted octanol–water partition coefficient (Wildman–Crippen LogP) is 0.129. The number of nitrogens with zero attached hydrogens (tertiary/aromatic N) is 1. The lowest BCUT2D eigenvalue weighted by atomic mass is 10.1. The molecule has 0 heterocycles. The lowest BCUT2D eigenvalue weighted by Crippen LogP contribution is -2.31. The van der Waals surface area contributed by atoms with Crippen molar-refractivity contribution >= 4 is 17.6 Å². The second-order valence-corrected chi connectivity index (χ2v) is 3.65. The maximum atomic E-state index is 11.1. The van der Waals surface area contributed by atoms with Gasteiger partial charge in [-0.2, -0.15) is 0 Å². The number of aromatic carboxylic acids is 1. The molecule has 0 radical (unpaired) electrons. The molecule has 102 valence electrons. The second kappa shape index (κ2) is 6.45. The Kier molecular flexibility index (Phi) is 4.95. The summed E-state index contributed by atoms with van der Waals surface area (Å²) < 4.78 is 0. The zero-order valence-electron chi connectivity index (χ0n) is 10.2. The number of hydrogen-bond donors (Lipinski definition) is 3. The molecule has 0 saturated heterocycles. The van der Waals surface area contributed by atoms with Crippen LogP contribution in [-0.4, -0.2) is 35.5 Å². The van der Waals surface area contributed by atoms with Crippen LogP contribution in [0.25, 0.3) is 0 Å². The molecule has 1 aromatic rings. The number of carboxylic acid groups (broad SMARTS) is 1. The minimum absolute atomic E-state index is 0.00174. The van der Waals surface area contributed by atoms with Crippen molar-refractivity contribution in [2.24, 2.45) is 0 Å². The van der Waals surface area contributed by atoms with Crippen LogP contribution in [0.1, 0.15) is 15.9 Å². The zero-order chi connectivity index (χ0) is 14.4. The summed E-state index contributed by atoms with van der Waals surface area (Å²) in [5.74, 6) is -1.63. The molecule has 0 atom stereocenters. The Balaban J connectivity index is 2.94. The summed E-state index contributed by atoms with van der Waals surface area (Å²) in [6.07, 6.45) is 0. The quantitative estimate of drug-likeness (QED) is 0.497. The fourth-order valence-corrected chi connectivity index (χ4v) is 1.53. The third kappa shape index (κ3) is 3.75. The standard InChI is InChI=1S/C11H13N3O5/c1-12-9(15)6-13-5-7-3-2-4-8(14(18)19)10(7)11(16)17/h2-4,13H,5-6H2,1H3,(H,12,15)(H,16,17). The average Bonchev–Trinajstić information content (AvgIpc) is 2.37. The van der Waals surface area contributed by atoms with Crippen LogP contribution < -0.4 is 10.6 Å². The largest absolute Gasteiger partial charge is 0.477 e. The molecule has 8 heteroatoms. The molecule has 0 spiro atoms. The Morgan fingerprint density at radius 3 is 2.63 bits per heavy atom. The molecule has 0 aromatic heterocycles. The SMILES string of the molecule is CNC(=O)CNCc1cccc([N+](=O)[O-])c1C(=O)O. The van der Waals surface area contributed by atoms with Gasteiger partial charge < -0.3 is 15.7 Å². The third-order valence-electron chi connectivity index (χ3n) is 2.42. The lowest BCUT2D eigenvalue weighted by Gasteiger charge is -2.07. The van der Waals surface area contributed by atoms with Gasteiger partial charge in [0.2, 0.25) is 5.91 Å². The number of rotatable bonds is 6. The van der Waals surface area contributed by atoms with Gasteiger partial charge in [-0.15, -0.1) is 0 Å². The van der Waals surface area contributed by atoms with Gasteiger partial charge in [-0.05, 0) is 5.56 Å². The molecule has 3 N–H and O–H groups in total. The molecule has 19 heavy (non-hydrogen) atoms. The Bertz CT molecular complexity index is 515. The molecule has 1 amide bonds. The highest BCUT2D eigenvalue weighted by molar-refractivity contribution is 5.94. The van der Waals surface area contributed by atoms with Gasteiger partial charge in [0.1, 0.15) is 5.56 Å². The van der Waals surface area contributed by atoms with E-state index in [1.807, 2.05) is 0 Å². The van der Waals surface area contributed by atoms with E-state index in [4.69, 9.17) is 5.11 Å². The Morgan fingerprint density at radius 1 is 1.42 bits per heavy atom. The number of carbonyl (C=O) groups is 2. The van der Waals surface area contributed by atoms with E-state index in [1.54, 1.807) is 0 Å². The fourth-order valence-electron chi connectivity index (χ4n) is 1.53. The highest BCUT2D eigenvalue weighted by Crippen LogP contribution is 2.22. The van der Waals surface area contributed by atoms with E-state index in [9.17, 15) is 19.7 Å². The molecule has 0 unspecified atom stereocenters. The first-order valence-corrected chi connectivity index (χ1v) is 5.38. The summed E-state index contributed by atoms with van der Waals surface area (Å²) >= 11 is 0. The van der Waals surface area contributed by atoms with Crippen molar-refractivity contribution in [3.63, 3.8) is 0 Å². The number of carboxylic acids is 1. The van der Waals surface area contributed by atoms with Gasteiger partial charge in [0.25, 0.3) is 5.69 Å². The highest BCUT2D eigenvalue weighted by Gasteiger charge is 2.22. The number of carbonyl (C=O) groups excluding carboxylic acids is 1. The molecular weight excluding hydrogens is 254 g/mol. The third-order valence-corrected chi connectivity index (χ3v) is 2.42. The maximum Gasteiger partial charge on any atom is 0.343 e. The minimum atomic E-state index is -1.37. The molecule has 0 fully saturated rings. The first kappa shape index (κ1) is 14.6. The molecular formula is C11H13N3O5. The van der Waals surface area contributed by atoms with E-state index >= 15 is 0 Å². The highest BCUT2D eigenvalue weighted by atomic mass is 16.6. The van der Waals surface area contributed by atoms with Crippen LogP contribution in [-0.2, 0) is 11.3 Å². The van der Waals surface area contributed by atoms with Crippen molar-refractivity contribution in [3.8, 4) is 0 Å². The van der Waals surface area contributed by atoms with E-state index in [0.717, 1.165) is 6.07 Å². The molecule has 0 aliphatic carbocycles. The van der Waals surface area contributed by atoms with Gasteiger partial charge in [0.15, 0.2) is 0 Å². The van der Waals surface area contributed by atoms with Crippen LogP contribution in [0.3, 0.4) is 0 Å². The van der Waals surface area contributed by atoms with E-state index in [2.05, 4.69) is 10.6 Å². The number of nitrogens with one attached hydrogen (secondary N) is 2. The number of nitro benzene ring substituents is 1. The van der Waals surface area contributed by atoms with Crippen LogP contribution >= 0.6 is 0 Å². The van der Waals surface area contributed by atoms with Crippen molar-refractivity contribution in [1.29, 1.82) is 0 Å². The van der Waals surface area contributed by atoms with Gasteiger partial charge in [0.05, 0.1) is 11.5 Å². The number of likely N-dealkylation sites (N-methyl/N-ethyl adjacent to an activating group) is 1. The summed E-state index contributed by atoms with van der Waals surface area (Å²) in [5.41, 5.74) is -0.575. The normalized spacial score (nSPS) is 9.95. The number of hydrogen-bond acceptors (Lipinski definition) is 5. The van der Waals surface area contributed by atoms with Crippen molar-refractivity contribution in [1.82, 2.24) is 10.6 Å². The van der Waals surface area contributed by atoms with Gasteiger partial charge in [-0.1, -0.05) is 12.1 Å². The summed E-state index contributed by atoms with van der Waals surface area (Å²) in [5, 5.41) is 24.9. The topological polar surface area (TPSA) is 122 Å². The lowest BCUT2D eigenvalue weighted by molar-refractivity contribution is -0.385. The van der Waals surface area contributed by atoms with Crippen molar-refractivity contribution < 1.29 is 19.6 Å². The Labute approximate surface area is 108 Å². The maximum absolute atomic E-state index is 11.1. The molecule has 0 aliphatic heterocycles. The van der Waals surface area contributed by atoms with E-state index in [-0.39, 0.29) is 30.1 Å². The molecule has 0 saturated carbocycles. The van der Waals surface area contributed by atoms with Crippen LogP contribution in [0.2, 0.25) is 0 Å². The van der Waals surface area contributed by atoms with E-state index in [0.29, 0.717) is 0 Å². The molecule has 0 bridgehead atoms. The molecule has 1 aromatic carbocycles. The Hall–Kier alpha value is -2.48. The monoisotopic (exact) mass is 267 g/mol. The number of nitro groups is 1. The molecule has 0 aliphatic rings. The van der Waals surface area contributed by atoms with Crippen LogP contribution in [0, 0.1) is 10.1 Å². The van der Waals surface area contributed by atoms with Crippen molar-refractivity contribution in [2.45, 2.75) is 6.54 Å². The average molecular weight is 267 g/mol. The number of amides is 1. The summed E-state index contributed by atoms with van der Waals surface area (Å²) in [4.78, 5) is 32.1. The fraction of sp³-hybridized carbons (Fsp3) is 0.273. The minimum Gasteiger partial charge on any atom is -0.477 e. The van der Waals surface area contributed by atoms with Crippen molar-refractivity contribution in [3.05, 3.63) is 39.4 Å². The first-order valence-electron chi connectivity index (χ1n) is 5.38. The van der Waals surface area contributed by atoms with Gasteiger partial charge in [-0.25, -0.2) is 4.79 Å². The van der Waals surface area contributed by atoms with E-state index < -0.39 is 16.6 Å². The van der Waals surface area contributed by atoms with Gasteiger partial charge in [0, 0.05) is 19.7 Å². The summed E-state index contributed by atoms with van der Waals surface area (Å²) in [6, 6.07) is 4.00. The number of benzene rings is 1. The molecule has 8 nitrogen and oxygen atoms in total. The second-order valence-electron chi connectivity index (χ2n) is 3.65. The van der Waals surface area contributed by atoms with Crippen LogP contribution in [0.5, 0.6) is 0 Å². The summed E-state index contributed by atoms with van der Waals surface area (Å²) in [7, 11) is 1.47. The van der Waals surface area contributed by atoms with Gasteiger partial charge >= 0.3 is 5.97 Å². The van der Waals surface area contributed by atoms with Crippen LogP contribution in [0.4, 0.5) is 5.69 Å². The summed E-state index contributed by atoms with van der Waals surface area (Å²) in [6.45, 7) is 0.0506. The van der Waals surface area contributed by atoms with E-state index in [1.165, 1.54) is 19.2 Å². The zero-order valence-corrected chi connectivity index (χ0v) is 10.2.